The van der Waals surface area contributed by atoms with Crippen LogP contribution in [0.25, 0.3) is 10.2 Å². The van der Waals surface area contributed by atoms with Crippen LogP contribution < -0.4 is 4.90 Å². The molecule has 2 heterocycles. The van der Waals surface area contributed by atoms with E-state index in [1.165, 1.54) is 35.2 Å². The van der Waals surface area contributed by atoms with Crippen molar-refractivity contribution in [1.29, 1.82) is 0 Å². The molecule has 1 fully saturated rings. The molecule has 7 heteroatoms. The maximum atomic E-state index is 13.1. The standard InChI is InChI=1S/C21H21FN2O2S2/c1-14-4-2-6-18-20(14)23-21(28-18)24(12-16-5-3-11-26-16)19(25)13-27-17-9-7-15(22)8-10-17/h2,4,6-10,16H,3,5,11-13H2,1H3. The number of hydrogen-bond acceptors (Lipinski definition) is 5. The summed E-state index contributed by atoms with van der Waals surface area (Å²) in [6.45, 7) is 3.29. The third kappa shape index (κ3) is 4.37. The number of thiazole rings is 1. The van der Waals surface area contributed by atoms with Gasteiger partial charge in [0.15, 0.2) is 5.13 Å². The van der Waals surface area contributed by atoms with Crippen LogP contribution in [0, 0.1) is 12.7 Å². The first-order chi connectivity index (χ1) is 13.6. The minimum atomic E-state index is -0.277. The Hall–Kier alpha value is -1.96. The van der Waals surface area contributed by atoms with Gasteiger partial charge in [-0.3, -0.25) is 9.69 Å². The fourth-order valence-corrected chi connectivity index (χ4v) is 5.07. The number of aromatic nitrogens is 1. The Morgan fingerprint density at radius 3 is 2.86 bits per heavy atom. The number of thioether (sulfide) groups is 1. The average molecular weight is 417 g/mol. The third-order valence-electron chi connectivity index (χ3n) is 4.73. The minimum Gasteiger partial charge on any atom is -0.376 e. The zero-order valence-corrected chi connectivity index (χ0v) is 17.2. The Morgan fingerprint density at radius 2 is 2.14 bits per heavy atom. The second kappa shape index (κ2) is 8.59. The largest absolute Gasteiger partial charge is 0.376 e. The molecule has 28 heavy (non-hydrogen) atoms. The van der Waals surface area contributed by atoms with Crippen LogP contribution in [0.5, 0.6) is 0 Å². The summed E-state index contributed by atoms with van der Waals surface area (Å²) in [5, 5.41) is 0.713. The zero-order valence-electron chi connectivity index (χ0n) is 15.6. The summed E-state index contributed by atoms with van der Waals surface area (Å²) in [6.07, 6.45) is 2.03. The molecule has 4 nitrogen and oxygen atoms in total. The highest BCUT2D eigenvalue weighted by Gasteiger charge is 2.26. The van der Waals surface area contributed by atoms with Crippen molar-refractivity contribution in [2.75, 3.05) is 23.8 Å². The summed E-state index contributed by atoms with van der Waals surface area (Å²) in [5.74, 6) is -0.0187. The lowest BCUT2D eigenvalue weighted by Crippen LogP contribution is -2.38. The van der Waals surface area contributed by atoms with E-state index in [9.17, 15) is 9.18 Å². The van der Waals surface area contributed by atoms with Gasteiger partial charge in [-0.1, -0.05) is 23.5 Å². The number of carbonyl (C=O) groups is 1. The van der Waals surface area contributed by atoms with Crippen LogP contribution in [0.15, 0.2) is 47.4 Å². The average Bonchev–Trinajstić information content (AvgIpc) is 3.35. The lowest BCUT2D eigenvalue weighted by molar-refractivity contribution is -0.116. The summed E-state index contributed by atoms with van der Waals surface area (Å²) in [4.78, 5) is 20.5. The number of anilines is 1. The Morgan fingerprint density at radius 1 is 1.32 bits per heavy atom. The SMILES string of the molecule is Cc1cccc2sc(N(CC3CCCO3)C(=O)CSc3ccc(F)cc3)nc12. The van der Waals surface area contributed by atoms with E-state index in [4.69, 9.17) is 9.72 Å². The van der Waals surface area contributed by atoms with E-state index < -0.39 is 0 Å². The number of rotatable bonds is 6. The van der Waals surface area contributed by atoms with Crippen molar-refractivity contribution in [2.24, 2.45) is 0 Å². The third-order valence-corrected chi connectivity index (χ3v) is 6.77. The van der Waals surface area contributed by atoms with Crippen molar-refractivity contribution in [3.63, 3.8) is 0 Å². The van der Waals surface area contributed by atoms with Gasteiger partial charge in [0, 0.05) is 11.5 Å². The van der Waals surface area contributed by atoms with Gasteiger partial charge in [0.1, 0.15) is 5.82 Å². The van der Waals surface area contributed by atoms with Crippen molar-refractivity contribution in [1.82, 2.24) is 4.98 Å². The van der Waals surface area contributed by atoms with Crippen LogP contribution >= 0.6 is 23.1 Å². The highest BCUT2D eigenvalue weighted by molar-refractivity contribution is 8.00. The molecule has 0 N–H and O–H groups in total. The molecular formula is C21H21FN2O2S2. The number of nitrogens with zero attached hydrogens (tertiary/aromatic N) is 2. The molecule has 146 valence electrons. The zero-order chi connectivity index (χ0) is 19.5. The summed E-state index contributed by atoms with van der Waals surface area (Å²) >= 11 is 2.94. The monoisotopic (exact) mass is 416 g/mol. The molecule has 1 aliphatic heterocycles. The van der Waals surface area contributed by atoms with Crippen molar-refractivity contribution in [3.05, 3.63) is 53.8 Å². The van der Waals surface area contributed by atoms with E-state index in [2.05, 4.69) is 0 Å². The first-order valence-corrected chi connectivity index (χ1v) is 11.1. The Balaban J connectivity index is 1.55. The predicted molar refractivity (Wildman–Crippen MR) is 113 cm³/mol. The topological polar surface area (TPSA) is 42.4 Å². The lowest BCUT2D eigenvalue weighted by Gasteiger charge is -2.23. The fourth-order valence-electron chi connectivity index (χ4n) is 3.22. The highest BCUT2D eigenvalue weighted by atomic mass is 32.2. The Labute approximate surface area is 171 Å². The van der Waals surface area contributed by atoms with E-state index in [1.807, 2.05) is 25.1 Å². The molecule has 0 radical (unpaired) electrons. The smallest absolute Gasteiger partial charge is 0.239 e. The summed E-state index contributed by atoms with van der Waals surface area (Å²) in [6, 6.07) is 12.3. The number of carbonyl (C=O) groups excluding carboxylic acids is 1. The van der Waals surface area contributed by atoms with E-state index in [0.29, 0.717) is 11.7 Å². The molecule has 0 aliphatic carbocycles. The molecule has 0 bridgehead atoms. The maximum Gasteiger partial charge on any atom is 0.239 e. The first-order valence-electron chi connectivity index (χ1n) is 9.26. The molecule has 0 spiro atoms. The van der Waals surface area contributed by atoms with E-state index >= 15 is 0 Å². The van der Waals surface area contributed by atoms with Crippen LogP contribution in [-0.4, -0.2) is 35.9 Å². The summed E-state index contributed by atoms with van der Waals surface area (Å²) < 4.78 is 19.9. The van der Waals surface area contributed by atoms with Gasteiger partial charge in [-0.25, -0.2) is 9.37 Å². The second-order valence-corrected chi connectivity index (χ2v) is 8.86. The number of fused-ring (bicyclic) bond motifs is 1. The molecule has 4 rings (SSSR count). The lowest BCUT2D eigenvalue weighted by atomic mass is 10.2. The van der Waals surface area contributed by atoms with Crippen molar-refractivity contribution >= 4 is 44.4 Å². The molecule has 1 unspecified atom stereocenters. The highest BCUT2D eigenvalue weighted by Crippen LogP contribution is 2.32. The van der Waals surface area contributed by atoms with Crippen molar-refractivity contribution < 1.29 is 13.9 Å². The van der Waals surface area contributed by atoms with E-state index in [0.717, 1.165) is 40.1 Å². The number of ether oxygens (including phenoxy) is 1. The quantitative estimate of drug-likeness (QED) is 0.528. The van der Waals surface area contributed by atoms with Gasteiger partial charge in [-0.05, 0) is 55.7 Å². The van der Waals surface area contributed by atoms with Crippen LogP contribution in [-0.2, 0) is 9.53 Å². The van der Waals surface area contributed by atoms with Crippen molar-refractivity contribution in [2.45, 2.75) is 30.8 Å². The Bertz CT molecular complexity index is 968. The molecule has 3 aromatic rings. The molecule has 2 aromatic carbocycles. The number of benzene rings is 2. The fraction of sp³-hybridized carbons (Fsp3) is 0.333. The molecule has 1 aliphatic rings. The number of para-hydroxylation sites is 1. The molecule has 1 atom stereocenters. The van der Waals surface area contributed by atoms with Gasteiger partial charge < -0.3 is 4.74 Å². The number of aryl methyl sites for hydroxylation is 1. The van der Waals surface area contributed by atoms with Crippen LogP contribution in [0.1, 0.15) is 18.4 Å². The maximum absolute atomic E-state index is 13.1. The van der Waals surface area contributed by atoms with Gasteiger partial charge in [0.2, 0.25) is 5.91 Å². The van der Waals surface area contributed by atoms with Crippen LogP contribution in [0.4, 0.5) is 9.52 Å². The van der Waals surface area contributed by atoms with Gasteiger partial charge in [-0.2, -0.15) is 0 Å². The molecule has 1 aromatic heterocycles. The van der Waals surface area contributed by atoms with Gasteiger partial charge >= 0.3 is 0 Å². The van der Waals surface area contributed by atoms with Gasteiger partial charge in [0.25, 0.3) is 0 Å². The molecular weight excluding hydrogens is 395 g/mol. The van der Waals surface area contributed by atoms with E-state index in [-0.39, 0.29) is 23.6 Å². The van der Waals surface area contributed by atoms with Gasteiger partial charge in [0.05, 0.1) is 28.6 Å². The normalized spacial score (nSPS) is 16.6. The molecule has 1 saturated heterocycles. The number of hydrogen-bond donors (Lipinski definition) is 0. The second-order valence-electron chi connectivity index (χ2n) is 6.80. The minimum absolute atomic E-state index is 0.0125. The predicted octanol–water partition coefficient (Wildman–Crippen LogP) is 5.05. The summed E-state index contributed by atoms with van der Waals surface area (Å²) in [7, 11) is 0. The van der Waals surface area contributed by atoms with Crippen molar-refractivity contribution in [3.8, 4) is 0 Å². The van der Waals surface area contributed by atoms with Crippen LogP contribution in [0.3, 0.4) is 0 Å². The first kappa shape index (κ1) is 19.4. The van der Waals surface area contributed by atoms with E-state index in [1.54, 1.807) is 17.0 Å². The van der Waals surface area contributed by atoms with Crippen LogP contribution in [0.2, 0.25) is 0 Å². The Kier molecular flexibility index (Phi) is 5.94. The molecule has 0 saturated carbocycles. The summed E-state index contributed by atoms with van der Waals surface area (Å²) in [5.41, 5.74) is 2.05. The number of amides is 1. The van der Waals surface area contributed by atoms with Gasteiger partial charge in [-0.15, -0.1) is 11.8 Å². The number of halogens is 1. The molecule has 1 amide bonds.